The summed E-state index contributed by atoms with van der Waals surface area (Å²) in [6.07, 6.45) is -2.95. The Morgan fingerprint density at radius 3 is 2.12 bits per heavy atom. The highest BCUT2D eigenvalue weighted by Crippen LogP contribution is 2.35. The maximum atomic E-state index is 13.5. The number of hydrogen-bond acceptors (Lipinski definition) is 3. The van der Waals surface area contributed by atoms with Crippen molar-refractivity contribution in [1.29, 1.82) is 0 Å². The van der Waals surface area contributed by atoms with Crippen LogP contribution in [0.4, 0.5) is 13.2 Å². The zero-order chi connectivity index (χ0) is 28.6. The van der Waals surface area contributed by atoms with E-state index >= 15 is 0 Å². The van der Waals surface area contributed by atoms with Crippen LogP contribution in [0.25, 0.3) is 28.1 Å². The summed E-state index contributed by atoms with van der Waals surface area (Å²) in [4.78, 5) is 16.4. The Morgan fingerprint density at radius 2 is 1.52 bits per heavy atom. The molecule has 1 aromatic heterocycles. The highest BCUT2D eigenvalue weighted by molar-refractivity contribution is 6.36. The third-order valence-electron chi connectivity index (χ3n) is 6.32. The second-order valence-corrected chi connectivity index (χ2v) is 9.83. The topological polar surface area (TPSA) is 75.3 Å². The number of carboxylic acids is 1. The van der Waals surface area contributed by atoms with Gasteiger partial charge in [-0.1, -0.05) is 59.6 Å². The van der Waals surface area contributed by atoms with Crippen molar-refractivity contribution >= 4 is 29.2 Å². The summed E-state index contributed by atoms with van der Waals surface area (Å²) in [6.45, 7) is 0. The summed E-state index contributed by atoms with van der Waals surface area (Å²) in [7, 11) is 0. The first-order chi connectivity index (χ1) is 19.0. The summed E-state index contributed by atoms with van der Waals surface area (Å²) < 4.78 is 42.0. The average Bonchev–Trinajstić information content (AvgIpc) is 3.32. The summed E-state index contributed by atoms with van der Waals surface area (Å²) in [6, 6.07) is 22.2. The second-order valence-electron chi connectivity index (χ2n) is 8.99. The normalized spacial score (nSPS) is 11.5. The van der Waals surface area contributed by atoms with E-state index in [2.05, 4.69) is 0 Å². The molecule has 0 aliphatic carbocycles. The number of carboxylic acid groups (broad SMARTS) is 1. The lowest BCUT2D eigenvalue weighted by Crippen LogP contribution is -2.14. The van der Waals surface area contributed by atoms with Gasteiger partial charge in [0.05, 0.1) is 21.8 Å². The maximum Gasteiger partial charge on any atom is 0.417 e. The lowest BCUT2D eigenvalue weighted by atomic mass is 10.0. The number of aromatic hydroxyl groups is 1. The average molecular weight is 583 g/mol. The van der Waals surface area contributed by atoms with Gasteiger partial charge in [-0.25, -0.2) is 9.78 Å². The van der Waals surface area contributed by atoms with Crippen LogP contribution in [0, 0.1) is 0 Å². The number of aromatic nitrogens is 2. The lowest BCUT2D eigenvalue weighted by molar-refractivity contribution is -0.138. The maximum absolute atomic E-state index is 13.5. The zero-order valence-corrected chi connectivity index (χ0v) is 22.0. The molecule has 5 rings (SSSR count). The van der Waals surface area contributed by atoms with E-state index in [1.807, 2.05) is 24.3 Å². The molecular weight excluding hydrogens is 564 g/mol. The van der Waals surface area contributed by atoms with Crippen LogP contribution in [0.5, 0.6) is 5.75 Å². The molecule has 0 spiro atoms. The molecule has 0 unspecified atom stereocenters. The van der Waals surface area contributed by atoms with Crippen LogP contribution in [-0.2, 0) is 12.6 Å². The predicted molar refractivity (Wildman–Crippen MR) is 147 cm³/mol. The fraction of sp³-hybridized carbons (Fsp3) is 0.0667. The summed E-state index contributed by atoms with van der Waals surface area (Å²) in [5, 5.41) is 19.8. The quantitative estimate of drug-likeness (QED) is 0.210. The molecule has 0 aliphatic rings. The van der Waals surface area contributed by atoms with Crippen molar-refractivity contribution in [2.24, 2.45) is 0 Å². The van der Waals surface area contributed by atoms with Gasteiger partial charge in [0.1, 0.15) is 11.6 Å². The van der Waals surface area contributed by atoms with E-state index in [1.165, 1.54) is 6.07 Å². The Labute approximate surface area is 236 Å². The van der Waals surface area contributed by atoms with Crippen LogP contribution < -0.4 is 0 Å². The molecule has 0 atom stereocenters. The number of alkyl halides is 3. The Kier molecular flexibility index (Phi) is 7.31. The van der Waals surface area contributed by atoms with E-state index in [9.17, 15) is 28.2 Å². The van der Waals surface area contributed by atoms with Gasteiger partial charge in [0.2, 0.25) is 0 Å². The molecule has 202 valence electrons. The first-order valence-electron chi connectivity index (χ1n) is 11.9. The van der Waals surface area contributed by atoms with Crippen LogP contribution >= 0.6 is 23.2 Å². The smallest absolute Gasteiger partial charge is 0.417 e. The summed E-state index contributed by atoms with van der Waals surface area (Å²) in [5.74, 6) is -1.07. The highest BCUT2D eigenvalue weighted by Gasteiger charge is 2.35. The van der Waals surface area contributed by atoms with Crippen molar-refractivity contribution in [3.63, 3.8) is 0 Å². The van der Waals surface area contributed by atoms with Gasteiger partial charge in [-0.2, -0.15) is 13.2 Å². The fourth-order valence-electron chi connectivity index (χ4n) is 4.35. The molecule has 1 heterocycles. The van der Waals surface area contributed by atoms with Gasteiger partial charge in [-0.3, -0.25) is 0 Å². The van der Waals surface area contributed by atoms with Gasteiger partial charge in [0.15, 0.2) is 0 Å². The van der Waals surface area contributed by atoms with Crippen LogP contribution in [-0.4, -0.2) is 25.7 Å². The molecule has 0 fully saturated rings. The molecule has 0 amide bonds. The molecule has 0 saturated heterocycles. The molecule has 5 nitrogen and oxygen atoms in total. The van der Waals surface area contributed by atoms with Crippen molar-refractivity contribution in [2.75, 3.05) is 0 Å². The molecule has 5 aromatic rings. The van der Waals surface area contributed by atoms with Crippen LogP contribution in [0.2, 0.25) is 10.0 Å². The first kappa shape index (κ1) is 27.3. The van der Waals surface area contributed by atoms with Crippen molar-refractivity contribution < 1.29 is 28.2 Å². The molecule has 10 heteroatoms. The summed E-state index contributed by atoms with van der Waals surface area (Å²) >= 11 is 12.4. The second kappa shape index (κ2) is 10.7. The number of halogens is 5. The first-order valence-corrected chi connectivity index (χ1v) is 12.6. The van der Waals surface area contributed by atoms with Crippen molar-refractivity contribution in [3.8, 4) is 33.8 Å². The fourth-order valence-corrected chi connectivity index (χ4v) is 4.86. The number of nitrogens with zero attached hydrogens (tertiary/aromatic N) is 2. The third kappa shape index (κ3) is 5.68. The minimum atomic E-state index is -4.83. The van der Waals surface area contributed by atoms with Gasteiger partial charge in [-0.15, -0.1) is 0 Å². The van der Waals surface area contributed by atoms with E-state index in [-0.39, 0.29) is 17.9 Å². The standard InChI is InChI=1S/C30H19Cl2F3N2O3/c31-20-7-11-23(26(32)14-20)27-16-37(21-8-12-25(30(33,34)35)24(15-21)29(39)40)28(36-27)13-17-1-3-18(4-2-17)19-5-9-22(38)10-6-19/h1-12,14-16,38H,13H2,(H,39,40). The van der Waals surface area contributed by atoms with Gasteiger partial charge < -0.3 is 14.8 Å². The molecule has 0 aliphatic heterocycles. The molecule has 4 aromatic carbocycles. The van der Waals surface area contributed by atoms with Crippen molar-refractivity contribution in [3.05, 3.63) is 124 Å². The Hall–Kier alpha value is -4.27. The minimum Gasteiger partial charge on any atom is -0.508 e. The van der Waals surface area contributed by atoms with Crippen molar-refractivity contribution in [1.82, 2.24) is 9.55 Å². The number of aromatic carboxylic acids is 1. The van der Waals surface area contributed by atoms with Crippen LogP contribution in [0.1, 0.15) is 27.3 Å². The largest absolute Gasteiger partial charge is 0.508 e. The number of phenols is 1. The van der Waals surface area contributed by atoms with Gasteiger partial charge >= 0.3 is 12.1 Å². The number of benzene rings is 4. The number of phenolic OH excluding ortho intramolecular Hbond substituents is 1. The van der Waals surface area contributed by atoms with Gasteiger partial charge in [0.25, 0.3) is 0 Å². The van der Waals surface area contributed by atoms with Crippen LogP contribution in [0.15, 0.2) is 91.1 Å². The molecule has 0 radical (unpaired) electrons. The number of carbonyl (C=O) groups is 1. The number of rotatable bonds is 6. The minimum absolute atomic E-state index is 0.165. The highest BCUT2D eigenvalue weighted by atomic mass is 35.5. The van der Waals surface area contributed by atoms with E-state index < -0.39 is 23.3 Å². The van der Waals surface area contributed by atoms with E-state index in [0.717, 1.165) is 28.8 Å². The Bertz CT molecular complexity index is 1710. The molecule has 0 bridgehead atoms. The molecule has 2 N–H and O–H groups in total. The number of hydrogen-bond donors (Lipinski definition) is 2. The van der Waals surface area contributed by atoms with E-state index in [0.29, 0.717) is 27.1 Å². The van der Waals surface area contributed by atoms with E-state index in [1.54, 1.807) is 53.2 Å². The number of imidazole rings is 1. The molecule has 0 saturated carbocycles. The van der Waals surface area contributed by atoms with E-state index in [4.69, 9.17) is 28.2 Å². The zero-order valence-electron chi connectivity index (χ0n) is 20.5. The predicted octanol–water partition coefficient (Wildman–Crippen LogP) is 8.53. The van der Waals surface area contributed by atoms with Gasteiger partial charge in [-0.05, 0) is 65.2 Å². The van der Waals surface area contributed by atoms with Crippen molar-refractivity contribution in [2.45, 2.75) is 12.6 Å². The third-order valence-corrected chi connectivity index (χ3v) is 6.87. The molecular formula is C30H19Cl2F3N2O3. The monoisotopic (exact) mass is 582 g/mol. The summed E-state index contributed by atoms with van der Waals surface area (Å²) in [5.41, 5.74) is 1.78. The van der Waals surface area contributed by atoms with Gasteiger partial charge in [0, 0.05) is 28.9 Å². The molecule has 40 heavy (non-hydrogen) atoms. The Balaban J connectivity index is 1.58. The lowest BCUT2D eigenvalue weighted by Gasteiger charge is -2.14. The SMILES string of the molecule is O=C(O)c1cc(-n2cc(-c3ccc(Cl)cc3Cl)nc2Cc2ccc(-c3ccc(O)cc3)cc2)ccc1C(F)(F)F. The van der Waals surface area contributed by atoms with Crippen LogP contribution in [0.3, 0.4) is 0 Å². The Morgan fingerprint density at radius 1 is 0.875 bits per heavy atom.